The number of hydrogen-bond donors (Lipinski definition) is 6. The second-order valence-electron chi connectivity index (χ2n) is 3.90. The molecule has 0 amide bonds. The van der Waals surface area contributed by atoms with E-state index in [-0.39, 0.29) is 6.54 Å². The van der Waals surface area contributed by atoms with Crippen LogP contribution in [0.2, 0.25) is 0 Å². The van der Waals surface area contributed by atoms with Crippen molar-refractivity contribution in [1.82, 2.24) is 5.32 Å². The zero-order chi connectivity index (χ0) is 14.8. The van der Waals surface area contributed by atoms with Crippen LogP contribution in [0.15, 0.2) is 12.7 Å². The summed E-state index contributed by atoms with van der Waals surface area (Å²) >= 11 is 0. The van der Waals surface area contributed by atoms with Crippen LogP contribution in [0.3, 0.4) is 0 Å². The quantitative estimate of drug-likeness (QED) is 0.139. The lowest BCUT2D eigenvalue weighted by Gasteiger charge is -2.25. The van der Waals surface area contributed by atoms with Gasteiger partial charge in [0, 0.05) is 6.54 Å². The first-order valence-electron chi connectivity index (χ1n) is 5.74. The number of ether oxygens (including phenoxy) is 1. The zero-order valence-corrected chi connectivity index (χ0v) is 10.5. The summed E-state index contributed by atoms with van der Waals surface area (Å²) in [5, 5.41) is 48.5. The van der Waals surface area contributed by atoms with Crippen LogP contribution in [-0.4, -0.2) is 82.2 Å². The second kappa shape index (κ2) is 9.84. The minimum absolute atomic E-state index is 0.0867. The molecular formula is C11H21NO7. The third kappa shape index (κ3) is 7.21. The predicted octanol–water partition coefficient (Wildman–Crippen LogP) is -3.26. The fourth-order valence-corrected chi connectivity index (χ4v) is 1.17. The van der Waals surface area contributed by atoms with Crippen molar-refractivity contribution >= 4 is 5.97 Å². The van der Waals surface area contributed by atoms with Gasteiger partial charge in [0.05, 0.1) is 13.2 Å². The molecule has 0 rings (SSSR count). The third-order valence-electron chi connectivity index (χ3n) is 2.30. The predicted molar refractivity (Wildman–Crippen MR) is 65.1 cm³/mol. The normalized spacial score (nSPS) is 17.3. The molecule has 0 heterocycles. The Labute approximate surface area is 110 Å². The molecule has 4 atom stereocenters. The maximum Gasteiger partial charge on any atom is 0.320 e. The van der Waals surface area contributed by atoms with E-state index >= 15 is 0 Å². The number of carbonyl (C=O) groups excluding carboxylic acids is 1. The highest BCUT2D eigenvalue weighted by Gasteiger charge is 2.30. The molecule has 0 fully saturated rings. The largest absolute Gasteiger partial charge is 0.462 e. The van der Waals surface area contributed by atoms with Crippen molar-refractivity contribution in [2.24, 2.45) is 0 Å². The molecule has 0 aliphatic carbocycles. The summed E-state index contributed by atoms with van der Waals surface area (Å²) < 4.78 is 4.63. The van der Waals surface area contributed by atoms with E-state index in [0.29, 0.717) is 6.54 Å². The Hall–Kier alpha value is -1.03. The lowest BCUT2D eigenvalue weighted by atomic mass is 10.0. The molecule has 8 heteroatoms. The first-order valence-corrected chi connectivity index (χ1v) is 5.74. The molecule has 0 bridgehead atoms. The number of aliphatic hydroxyl groups excluding tert-OH is 5. The van der Waals surface area contributed by atoms with Crippen LogP contribution >= 0.6 is 0 Å². The maximum absolute atomic E-state index is 11.1. The summed E-state index contributed by atoms with van der Waals surface area (Å²) in [6, 6.07) is 0. The van der Waals surface area contributed by atoms with E-state index < -0.39 is 43.6 Å². The molecule has 0 radical (unpaired) electrons. The Bertz CT molecular complexity index is 274. The van der Waals surface area contributed by atoms with Crippen LogP contribution in [0.25, 0.3) is 0 Å². The van der Waals surface area contributed by atoms with Crippen LogP contribution in [0.5, 0.6) is 0 Å². The fraction of sp³-hybridized carbons (Fsp3) is 0.727. The van der Waals surface area contributed by atoms with Gasteiger partial charge in [0.2, 0.25) is 0 Å². The molecule has 6 N–H and O–H groups in total. The topological polar surface area (TPSA) is 139 Å². The molecule has 0 aromatic rings. The Morgan fingerprint density at radius 3 is 2.32 bits per heavy atom. The van der Waals surface area contributed by atoms with Crippen molar-refractivity contribution in [3.05, 3.63) is 12.7 Å². The Morgan fingerprint density at radius 1 is 1.21 bits per heavy atom. The van der Waals surface area contributed by atoms with Gasteiger partial charge in [-0.3, -0.25) is 4.79 Å². The molecule has 0 aliphatic rings. The first-order chi connectivity index (χ1) is 8.93. The van der Waals surface area contributed by atoms with Gasteiger partial charge in [0.25, 0.3) is 0 Å². The smallest absolute Gasteiger partial charge is 0.320 e. The van der Waals surface area contributed by atoms with Crippen LogP contribution in [0, 0.1) is 0 Å². The van der Waals surface area contributed by atoms with Crippen LogP contribution in [0.4, 0.5) is 0 Å². The average Bonchev–Trinajstić information content (AvgIpc) is 2.42. The summed E-state index contributed by atoms with van der Waals surface area (Å²) in [5.74, 6) is -0.648. The number of aliphatic hydroxyl groups is 5. The van der Waals surface area contributed by atoms with Crippen LogP contribution < -0.4 is 5.32 Å². The molecule has 0 saturated carbocycles. The highest BCUT2D eigenvalue weighted by molar-refractivity contribution is 5.71. The SMILES string of the molecule is C=CCNCC(=O)OC[C@H](O)[C@@H](O)[C@H](O)[C@H](O)CO. The van der Waals surface area contributed by atoms with E-state index in [9.17, 15) is 20.1 Å². The van der Waals surface area contributed by atoms with Crippen molar-refractivity contribution in [3.8, 4) is 0 Å². The van der Waals surface area contributed by atoms with Gasteiger partial charge in [-0.25, -0.2) is 0 Å². The highest BCUT2D eigenvalue weighted by atomic mass is 16.5. The molecule has 0 unspecified atom stereocenters. The molecule has 0 aromatic heterocycles. The Kier molecular flexibility index (Phi) is 9.31. The van der Waals surface area contributed by atoms with Gasteiger partial charge < -0.3 is 35.6 Å². The molecular weight excluding hydrogens is 258 g/mol. The summed E-state index contributed by atoms with van der Waals surface area (Å²) in [4.78, 5) is 11.1. The second-order valence-corrected chi connectivity index (χ2v) is 3.90. The van der Waals surface area contributed by atoms with Crippen molar-refractivity contribution in [2.45, 2.75) is 24.4 Å². The Morgan fingerprint density at radius 2 is 1.79 bits per heavy atom. The number of esters is 1. The van der Waals surface area contributed by atoms with E-state index in [4.69, 9.17) is 10.2 Å². The molecule has 112 valence electrons. The van der Waals surface area contributed by atoms with Crippen LogP contribution in [-0.2, 0) is 9.53 Å². The standard InChI is InChI=1S/C11H21NO7/c1-2-3-12-4-9(16)19-6-8(15)11(18)10(17)7(14)5-13/h2,7-8,10-15,17-18H,1,3-6H2/t7-,8+,10-,11-/m1/s1. The lowest BCUT2D eigenvalue weighted by Crippen LogP contribution is -2.47. The van der Waals surface area contributed by atoms with Crippen molar-refractivity contribution in [1.29, 1.82) is 0 Å². The minimum Gasteiger partial charge on any atom is -0.462 e. The van der Waals surface area contributed by atoms with Crippen molar-refractivity contribution < 1.29 is 35.1 Å². The molecule has 0 saturated heterocycles. The molecule has 0 spiro atoms. The summed E-state index contributed by atoms with van der Waals surface area (Å²) in [6.07, 6.45) is -5.08. The number of carbonyl (C=O) groups is 1. The average molecular weight is 279 g/mol. The summed E-state index contributed by atoms with van der Waals surface area (Å²) in [7, 11) is 0. The first kappa shape index (κ1) is 18.0. The van der Waals surface area contributed by atoms with E-state index in [0.717, 1.165) is 0 Å². The van der Waals surface area contributed by atoms with Crippen molar-refractivity contribution in [2.75, 3.05) is 26.3 Å². The summed E-state index contributed by atoms with van der Waals surface area (Å²) in [6.45, 7) is 2.47. The zero-order valence-electron chi connectivity index (χ0n) is 10.5. The summed E-state index contributed by atoms with van der Waals surface area (Å²) in [5.41, 5.74) is 0. The minimum atomic E-state index is -1.74. The maximum atomic E-state index is 11.1. The molecule has 0 aliphatic heterocycles. The number of hydrogen-bond acceptors (Lipinski definition) is 8. The number of rotatable bonds is 10. The van der Waals surface area contributed by atoms with E-state index in [1.807, 2.05) is 0 Å². The van der Waals surface area contributed by atoms with Gasteiger partial charge in [-0.15, -0.1) is 6.58 Å². The number of nitrogens with one attached hydrogen (secondary N) is 1. The lowest BCUT2D eigenvalue weighted by molar-refractivity contribution is -0.155. The van der Waals surface area contributed by atoms with Gasteiger partial charge in [-0.2, -0.15) is 0 Å². The van der Waals surface area contributed by atoms with E-state index in [1.165, 1.54) is 0 Å². The highest BCUT2D eigenvalue weighted by Crippen LogP contribution is 2.05. The molecule has 8 nitrogen and oxygen atoms in total. The van der Waals surface area contributed by atoms with Gasteiger partial charge in [-0.05, 0) is 0 Å². The van der Waals surface area contributed by atoms with E-state index in [1.54, 1.807) is 6.08 Å². The van der Waals surface area contributed by atoms with Gasteiger partial charge in [-0.1, -0.05) is 6.08 Å². The fourth-order valence-electron chi connectivity index (χ4n) is 1.17. The third-order valence-corrected chi connectivity index (χ3v) is 2.30. The van der Waals surface area contributed by atoms with Crippen LogP contribution in [0.1, 0.15) is 0 Å². The Balaban J connectivity index is 3.98. The van der Waals surface area contributed by atoms with Gasteiger partial charge >= 0.3 is 5.97 Å². The molecule has 19 heavy (non-hydrogen) atoms. The van der Waals surface area contributed by atoms with E-state index in [2.05, 4.69) is 16.6 Å². The van der Waals surface area contributed by atoms with Crippen molar-refractivity contribution in [3.63, 3.8) is 0 Å². The molecule has 0 aromatic carbocycles. The van der Waals surface area contributed by atoms with Gasteiger partial charge in [0.15, 0.2) is 0 Å². The van der Waals surface area contributed by atoms with Gasteiger partial charge in [0.1, 0.15) is 31.0 Å². The monoisotopic (exact) mass is 279 g/mol.